The lowest BCUT2D eigenvalue weighted by molar-refractivity contribution is -0.0646. The molecule has 2 aromatic carbocycles. The van der Waals surface area contributed by atoms with Gasteiger partial charge in [0.05, 0.1) is 12.2 Å². The van der Waals surface area contributed by atoms with E-state index in [1.807, 2.05) is 6.07 Å². The van der Waals surface area contributed by atoms with Crippen LogP contribution in [0.25, 0.3) is 0 Å². The zero-order valence-corrected chi connectivity index (χ0v) is 20.5. The van der Waals surface area contributed by atoms with E-state index in [-0.39, 0.29) is 57.7 Å². The van der Waals surface area contributed by atoms with Gasteiger partial charge in [0.15, 0.2) is 11.5 Å². The lowest BCUT2D eigenvalue weighted by Gasteiger charge is -2.40. The maximum atomic E-state index is 10.3. The highest BCUT2D eigenvalue weighted by molar-refractivity contribution is 8.93. The molecular formula is C23H32Br2N2O3. The monoisotopic (exact) mass is 542 g/mol. The van der Waals surface area contributed by atoms with Gasteiger partial charge in [0.2, 0.25) is 0 Å². The summed E-state index contributed by atoms with van der Waals surface area (Å²) < 4.78 is 6.32. The van der Waals surface area contributed by atoms with E-state index in [9.17, 15) is 10.2 Å². The number of aromatic hydroxyl groups is 2. The van der Waals surface area contributed by atoms with Crippen molar-refractivity contribution in [1.82, 2.24) is 4.90 Å². The van der Waals surface area contributed by atoms with Gasteiger partial charge >= 0.3 is 0 Å². The lowest BCUT2D eigenvalue weighted by atomic mass is 9.83. The molecule has 0 amide bonds. The van der Waals surface area contributed by atoms with Crippen molar-refractivity contribution in [2.24, 2.45) is 11.7 Å². The molecule has 0 radical (unpaired) electrons. The Labute approximate surface area is 199 Å². The number of rotatable bonds is 5. The molecule has 0 saturated carbocycles. The molecule has 0 bridgehead atoms. The van der Waals surface area contributed by atoms with Gasteiger partial charge < -0.3 is 25.6 Å². The first-order chi connectivity index (χ1) is 13.7. The summed E-state index contributed by atoms with van der Waals surface area (Å²) in [4.78, 5) is 2.53. The van der Waals surface area contributed by atoms with Crippen molar-refractivity contribution in [3.8, 4) is 11.5 Å². The Morgan fingerprint density at radius 2 is 1.70 bits per heavy atom. The number of benzene rings is 2. The second-order valence-corrected chi connectivity index (χ2v) is 8.02. The molecule has 30 heavy (non-hydrogen) atoms. The SMILES string of the molecule is Br.Br.NC[C@H]1O[C@@H](C2CCN(CCc3ccccc3)CC2)Cc2c1ccc(O)c2O. The number of likely N-dealkylation sites (tertiary alicyclic amines) is 1. The van der Waals surface area contributed by atoms with Crippen molar-refractivity contribution in [2.45, 2.75) is 37.9 Å². The number of phenols is 2. The van der Waals surface area contributed by atoms with E-state index in [1.165, 1.54) is 11.6 Å². The summed E-state index contributed by atoms with van der Waals surface area (Å²) in [6, 6.07) is 14.0. The van der Waals surface area contributed by atoms with Crippen molar-refractivity contribution in [2.75, 3.05) is 26.2 Å². The number of hydrogen-bond acceptors (Lipinski definition) is 5. The van der Waals surface area contributed by atoms with Crippen LogP contribution in [0.1, 0.15) is 35.6 Å². The van der Waals surface area contributed by atoms with Gasteiger partial charge in [0.25, 0.3) is 0 Å². The summed E-state index contributed by atoms with van der Waals surface area (Å²) >= 11 is 0. The third-order valence-corrected chi connectivity index (χ3v) is 6.32. The Bertz CT molecular complexity index is 799. The molecule has 0 aromatic heterocycles. The standard InChI is InChI=1S/C23H30N2O3.2BrH/c24-15-22-18-6-7-20(26)23(27)19(18)14-21(28-22)17-9-12-25(13-10-17)11-8-16-4-2-1-3-5-16;;/h1-7,17,21-22,26-27H,8-15,24H2;2*1H/t21-,22-;;/m1../s1. The van der Waals surface area contributed by atoms with Crippen LogP contribution in [0.3, 0.4) is 0 Å². The van der Waals surface area contributed by atoms with Crippen LogP contribution in [0.5, 0.6) is 11.5 Å². The molecule has 0 unspecified atom stereocenters. The number of piperidine rings is 1. The van der Waals surface area contributed by atoms with Crippen molar-refractivity contribution in [3.05, 3.63) is 59.2 Å². The van der Waals surface area contributed by atoms with E-state index in [1.54, 1.807) is 0 Å². The Morgan fingerprint density at radius 1 is 1.00 bits per heavy atom. The number of phenolic OH excluding ortho intramolecular Hbond substituents is 2. The van der Waals surface area contributed by atoms with Gasteiger partial charge in [-0.25, -0.2) is 0 Å². The molecular weight excluding hydrogens is 512 g/mol. The summed E-state index contributed by atoms with van der Waals surface area (Å²) in [5.41, 5.74) is 9.04. The molecule has 0 aliphatic carbocycles. The molecule has 166 valence electrons. The highest BCUT2D eigenvalue weighted by atomic mass is 79.9. The van der Waals surface area contributed by atoms with Crippen LogP contribution in [0.2, 0.25) is 0 Å². The largest absolute Gasteiger partial charge is 0.504 e. The topological polar surface area (TPSA) is 79.0 Å². The normalized spacial score (nSPS) is 21.9. The third-order valence-electron chi connectivity index (χ3n) is 6.32. The van der Waals surface area contributed by atoms with Gasteiger partial charge in [0, 0.05) is 25.1 Å². The molecule has 2 heterocycles. The Hall–Kier alpha value is -1.12. The molecule has 4 N–H and O–H groups in total. The molecule has 4 rings (SSSR count). The average Bonchev–Trinajstić information content (AvgIpc) is 2.75. The molecule has 0 spiro atoms. The van der Waals surface area contributed by atoms with E-state index in [0.717, 1.165) is 50.0 Å². The highest BCUT2D eigenvalue weighted by Crippen LogP contribution is 2.42. The predicted octanol–water partition coefficient (Wildman–Crippen LogP) is 4.15. The minimum atomic E-state index is -0.212. The molecule has 2 atom stereocenters. The summed E-state index contributed by atoms with van der Waals surface area (Å²) in [5.74, 6) is 0.382. The van der Waals surface area contributed by atoms with Gasteiger partial charge in [-0.15, -0.1) is 34.0 Å². The van der Waals surface area contributed by atoms with E-state index in [2.05, 4.69) is 35.2 Å². The molecule has 5 nitrogen and oxygen atoms in total. The second kappa shape index (κ2) is 11.5. The fraction of sp³-hybridized carbons (Fsp3) is 0.478. The molecule has 1 saturated heterocycles. The maximum Gasteiger partial charge on any atom is 0.161 e. The quantitative estimate of drug-likeness (QED) is 0.494. The minimum Gasteiger partial charge on any atom is -0.504 e. The molecule has 1 fully saturated rings. The van der Waals surface area contributed by atoms with Crippen molar-refractivity contribution in [3.63, 3.8) is 0 Å². The number of nitrogens with two attached hydrogens (primary N) is 1. The zero-order chi connectivity index (χ0) is 19.5. The average molecular weight is 544 g/mol. The van der Waals surface area contributed by atoms with Gasteiger partial charge in [-0.2, -0.15) is 0 Å². The van der Waals surface area contributed by atoms with Crippen LogP contribution in [0.4, 0.5) is 0 Å². The van der Waals surface area contributed by atoms with Gasteiger partial charge in [-0.05, 0) is 55.5 Å². The number of halogens is 2. The first kappa shape index (κ1) is 25.1. The van der Waals surface area contributed by atoms with E-state index in [4.69, 9.17) is 10.5 Å². The van der Waals surface area contributed by atoms with Crippen LogP contribution in [0, 0.1) is 5.92 Å². The van der Waals surface area contributed by atoms with E-state index >= 15 is 0 Å². The van der Waals surface area contributed by atoms with E-state index < -0.39 is 0 Å². The van der Waals surface area contributed by atoms with Gasteiger partial charge in [-0.1, -0.05) is 36.4 Å². The van der Waals surface area contributed by atoms with Crippen LogP contribution in [-0.4, -0.2) is 47.4 Å². The first-order valence-corrected chi connectivity index (χ1v) is 10.3. The number of nitrogens with zero attached hydrogens (tertiary/aromatic N) is 1. The smallest absolute Gasteiger partial charge is 0.161 e. The fourth-order valence-corrected chi connectivity index (χ4v) is 4.63. The Kier molecular flexibility index (Phi) is 9.63. The van der Waals surface area contributed by atoms with Crippen LogP contribution in [-0.2, 0) is 17.6 Å². The number of hydrogen-bond donors (Lipinski definition) is 3. The van der Waals surface area contributed by atoms with Gasteiger partial charge in [-0.3, -0.25) is 0 Å². The molecule has 2 aliphatic rings. The minimum absolute atomic E-state index is 0. The third kappa shape index (κ3) is 5.56. The van der Waals surface area contributed by atoms with Crippen molar-refractivity contribution in [1.29, 1.82) is 0 Å². The highest BCUT2D eigenvalue weighted by Gasteiger charge is 2.35. The zero-order valence-electron chi connectivity index (χ0n) is 17.1. The number of fused-ring (bicyclic) bond motifs is 1. The Morgan fingerprint density at radius 3 is 2.37 bits per heavy atom. The summed E-state index contributed by atoms with van der Waals surface area (Å²) in [7, 11) is 0. The fourth-order valence-electron chi connectivity index (χ4n) is 4.63. The Balaban J connectivity index is 0.00000160. The predicted molar refractivity (Wildman–Crippen MR) is 130 cm³/mol. The van der Waals surface area contributed by atoms with E-state index in [0.29, 0.717) is 18.9 Å². The lowest BCUT2D eigenvalue weighted by Crippen LogP contribution is -2.42. The summed E-state index contributed by atoms with van der Waals surface area (Å²) in [6.07, 6.45) is 3.74. The summed E-state index contributed by atoms with van der Waals surface area (Å²) in [6.45, 7) is 3.61. The van der Waals surface area contributed by atoms with Crippen LogP contribution in [0.15, 0.2) is 42.5 Å². The summed E-state index contributed by atoms with van der Waals surface area (Å²) in [5, 5.41) is 20.2. The molecule has 2 aliphatic heterocycles. The van der Waals surface area contributed by atoms with Crippen LogP contribution < -0.4 is 5.73 Å². The molecule has 7 heteroatoms. The van der Waals surface area contributed by atoms with Crippen LogP contribution >= 0.6 is 34.0 Å². The first-order valence-electron chi connectivity index (χ1n) is 10.3. The van der Waals surface area contributed by atoms with Crippen molar-refractivity contribution < 1.29 is 14.9 Å². The second-order valence-electron chi connectivity index (χ2n) is 8.02. The maximum absolute atomic E-state index is 10.3. The van der Waals surface area contributed by atoms with Gasteiger partial charge in [0.1, 0.15) is 0 Å². The number of ether oxygens (including phenoxy) is 1. The molecule has 2 aromatic rings. The van der Waals surface area contributed by atoms with Crippen molar-refractivity contribution >= 4 is 34.0 Å².